The van der Waals surface area contributed by atoms with Crippen LogP contribution in [0.3, 0.4) is 0 Å². The van der Waals surface area contributed by atoms with Crippen LogP contribution in [0, 0.1) is 23.7 Å². The second-order valence-corrected chi connectivity index (χ2v) is 8.79. The molecule has 1 amide bonds. The second kappa shape index (κ2) is 5.99. The van der Waals surface area contributed by atoms with Gasteiger partial charge in [-0.2, -0.15) is 8.75 Å². The van der Waals surface area contributed by atoms with Crippen LogP contribution in [0.5, 0.6) is 0 Å². The van der Waals surface area contributed by atoms with Gasteiger partial charge >= 0.3 is 0 Å². The lowest BCUT2D eigenvalue weighted by Crippen LogP contribution is -2.57. The van der Waals surface area contributed by atoms with E-state index in [1.54, 1.807) is 12.1 Å². The third-order valence-corrected chi connectivity index (χ3v) is 7.04. The number of hydrogen-bond acceptors (Lipinski definition) is 5. The highest BCUT2D eigenvalue weighted by molar-refractivity contribution is 7.80. The Morgan fingerprint density at radius 2 is 1.72 bits per heavy atom. The number of carbonyl (C=O) groups is 1. The lowest BCUT2D eigenvalue weighted by molar-refractivity contribution is -0.00692. The van der Waals surface area contributed by atoms with Crippen LogP contribution in [0.25, 0.3) is 11.0 Å². The molecule has 0 radical (unpaired) electrons. The fourth-order valence-electron chi connectivity index (χ4n) is 5.45. The molecule has 0 atom stereocenters. The molecule has 7 heteroatoms. The van der Waals surface area contributed by atoms with Gasteiger partial charge in [-0.3, -0.25) is 10.1 Å². The molecule has 130 valence electrons. The number of carbonyl (C=O) groups excluding carboxylic acids is 1. The number of thiocarbonyl (C=S) groups is 1. The SMILES string of the molecule is O=C(NC(=S)NC1C2CC3CC(C2)CC1C3)c1ccc2nsnc2c1. The average molecular weight is 373 g/mol. The third-order valence-electron chi connectivity index (χ3n) is 6.27. The Morgan fingerprint density at radius 1 is 1.04 bits per heavy atom. The van der Waals surface area contributed by atoms with E-state index in [2.05, 4.69) is 19.4 Å². The van der Waals surface area contributed by atoms with E-state index in [-0.39, 0.29) is 5.91 Å². The first-order valence-corrected chi connectivity index (χ1v) is 10.1. The van der Waals surface area contributed by atoms with Gasteiger partial charge in [-0.25, -0.2) is 0 Å². The molecule has 1 aromatic carbocycles. The Morgan fingerprint density at radius 3 is 2.44 bits per heavy atom. The van der Waals surface area contributed by atoms with Gasteiger partial charge < -0.3 is 5.32 Å². The first-order valence-electron chi connectivity index (χ1n) is 9.00. The summed E-state index contributed by atoms with van der Waals surface area (Å²) in [6, 6.07) is 5.79. The predicted molar refractivity (Wildman–Crippen MR) is 101 cm³/mol. The minimum atomic E-state index is -0.184. The summed E-state index contributed by atoms with van der Waals surface area (Å²) >= 11 is 6.59. The molecule has 6 rings (SSSR count). The Labute approximate surface area is 155 Å². The molecular weight excluding hydrogens is 352 g/mol. The van der Waals surface area contributed by atoms with Gasteiger partial charge in [0, 0.05) is 11.6 Å². The summed E-state index contributed by atoms with van der Waals surface area (Å²) in [6.07, 6.45) is 6.75. The van der Waals surface area contributed by atoms with Crippen molar-refractivity contribution >= 4 is 46.0 Å². The summed E-state index contributed by atoms with van der Waals surface area (Å²) in [6.45, 7) is 0. The van der Waals surface area contributed by atoms with Crippen LogP contribution in [0.2, 0.25) is 0 Å². The molecule has 0 unspecified atom stereocenters. The van der Waals surface area contributed by atoms with Gasteiger partial charge in [-0.15, -0.1) is 0 Å². The zero-order valence-corrected chi connectivity index (χ0v) is 15.4. The first kappa shape index (κ1) is 15.6. The van der Waals surface area contributed by atoms with Gasteiger partial charge in [-0.1, -0.05) is 0 Å². The molecule has 2 aromatic rings. The van der Waals surface area contributed by atoms with Crippen molar-refractivity contribution in [2.45, 2.75) is 38.1 Å². The molecule has 25 heavy (non-hydrogen) atoms. The summed E-state index contributed by atoms with van der Waals surface area (Å²) in [4.78, 5) is 12.5. The molecule has 4 fully saturated rings. The molecule has 0 aliphatic heterocycles. The number of nitrogens with zero attached hydrogens (tertiary/aromatic N) is 2. The summed E-state index contributed by atoms with van der Waals surface area (Å²) < 4.78 is 8.35. The van der Waals surface area contributed by atoms with Gasteiger partial charge in [-0.05, 0) is 86.2 Å². The summed E-state index contributed by atoms with van der Waals surface area (Å²) in [5.41, 5.74) is 2.13. The minimum absolute atomic E-state index is 0.184. The van der Waals surface area contributed by atoms with E-state index in [0.29, 0.717) is 16.7 Å². The van der Waals surface area contributed by atoms with Gasteiger partial charge in [0.25, 0.3) is 5.91 Å². The van der Waals surface area contributed by atoms with Crippen molar-refractivity contribution in [3.8, 4) is 0 Å². The largest absolute Gasteiger partial charge is 0.359 e. The molecule has 1 heterocycles. The number of rotatable bonds is 2. The van der Waals surface area contributed by atoms with Crippen LogP contribution in [0.4, 0.5) is 0 Å². The quantitative estimate of drug-likeness (QED) is 0.793. The van der Waals surface area contributed by atoms with E-state index in [9.17, 15) is 4.79 Å². The van der Waals surface area contributed by atoms with Crippen LogP contribution in [-0.4, -0.2) is 25.8 Å². The minimum Gasteiger partial charge on any atom is -0.359 e. The monoisotopic (exact) mass is 372 g/mol. The van der Waals surface area contributed by atoms with E-state index in [4.69, 9.17) is 12.2 Å². The molecule has 4 saturated carbocycles. The van der Waals surface area contributed by atoms with Gasteiger partial charge in [0.1, 0.15) is 11.0 Å². The lowest BCUT2D eigenvalue weighted by atomic mass is 9.54. The Hall–Kier alpha value is -1.60. The highest BCUT2D eigenvalue weighted by atomic mass is 32.1. The lowest BCUT2D eigenvalue weighted by Gasteiger charge is -2.54. The normalized spacial score (nSPS) is 32.7. The summed E-state index contributed by atoms with van der Waals surface area (Å²) in [5, 5.41) is 6.77. The maximum atomic E-state index is 12.5. The average Bonchev–Trinajstić information content (AvgIpc) is 3.05. The number of benzene rings is 1. The van der Waals surface area contributed by atoms with Gasteiger partial charge in [0.15, 0.2) is 5.11 Å². The highest BCUT2D eigenvalue weighted by Gasteiger charge is 2.48. The molecule has 0 saturated heterocycles. The third kappa shape index (κ3) is 2.83. The van der Waals surface area contributed by atoms with Crippen molar-refractivity contribution in [3.05, 3.63) is 23.8 Å². The van der Waals surface area contributed by atoms with Crippen molar-refractivity contribution in [3.63, 3.8) is 0 Å². The van der Waals surface area contributed by atoms with Crippen LogP contribution in [-0.2, 0) is 0 Å². The summed E-state index contributed by atoms with van der Waals surface area (Å²) in [5.74, 6) is 3.13. The number of nitrogens with one attached hydrogen (secondary N) is 2. The fourth-order valence-corrected chi connectivity index (χ4v) is 6.19. The molecule has 4 bridgehead atoms. The van der Waals surface area contributed by atoms with Crippen molar-refractivity contribution < 1.29 is 4.79 Å². The topological polar surface area (TPSA) is 66.9 Å². The molecule has 4 aliphatic carbocycles. The number of aromatic nitrogens is 2. The Bertz CT molecular complexity index is 820. The molecule has 4 aliphatic rings. The van der Waals surface area contributed by atoms with Crippen molar-refractivity contribution in [2.24, 2.45) is 23.7 Å². The van der Waals surface area contributed by atoms with Gasteiger partial charge in [0.2, 0.25) is 0 Å². The number of amides is 1. The van der Waals surface area contributed by atoms with E-state index < -0.39 is 0 Å². The standard InChI is InChI=1S/C18H20N4OS2/c23-17(11-1-2-14-15(8-11)22-25-21-14)20-18(24)19-16-12-4-9-3-10(6-12)7-13(16)5-9/h1-2,8-10,12-13,16H,3-7H2,(H2,19,20,23,24). The Balaban J connectivity index is 1.25. The van der Waals surface area contributed by atoms with E-state index in [0.717, 1.165) is 46.4 Å². The Kier molecular flexibility index (Phi) is 3.74. The van der Waals surface area contributed by atoms with Crippen LogP contribution in [0.15, 0.2) is 18.2 Å². The maximum Gasteiger partial charge on any atom is 0.257 e. The van der Waals surface area contributed by atoms with Gasteiger partial charge in [0.05, 0.1) is 11.7 Å². The van der Waals surface area contributed by atoms with E-state index in [1.165, 1.54) is 32.1 Å². The van der Waals surface area contributed by atoms with Crippen LogP contribution in [0.1, 0.15) is 42.5 Å². The zero-order valence-electron chi connectivity index (χ0n) is 13.8. The van der Waals surface area contributed by atoms with Crippen molar-refractivity contribution in [1.29, 1.82) is 0 Å². The van der Waals surface area contributed by atoms with E-state index >= 15 is 0 Å². The van der Waals surface area contributed by atoms with Crippen molar-refractivity contribution in [1.82, 2.24) is 19.4 Å². The second-order valence-electron chi connectivity index (χ2n) is 7.85. The molecule has 2 N–H and O–H groups in total. The fraction of sp³-hybridized carbons (Fsp3) is 0.556. The van der Waals surface area contributed by atoms with E-state index in [1.807, 2.05) is 6.07 Å². The maximum absolute atomic E-state index is 12.5. The first-order chi connectivity index (χ1) is 12.2. The number of fused-ring (bicyclic) bond motifs is 1. The van der Waals surface area contributed by atoms with Crippen LogP contribution < -0.4 is 10.6 Å². The smallest absolute Gasteiger partial charge is 0.257 e. The molecule has 0 spiro atoms. The van der Waals surface area contributed by atoms with Crippen molar-refractivity contribution in [2.75, 3.05) is 0 Å². The summed E-state index contributed by atoms with van der Waals surface area (Å²) in [7, 11) is 0. The number of hydrogen-bond donors (Lipinski definition) is 2. The molecule has 5 nitrogen and oxygen atoms in total. The molecular formula is C18H20N4OS2. The highest BCUT2D eigenvalue weighted by Crippen LogP contribution is 2.53. The van der Waals surface area contributed by atoms with Crippen LogP contribution >= 0.6 is 23.9 Å². The molecule has 1 aromatic heterocycles. The zero-order chi connectivity index (χ0) is 17.0. The predicted octanol–water partition coefficient (Wildman–Crippen LogP) is 3.12.